The summed E-state index contributed by atoms with van der Waals surface area (Å²) in [5, 5.41) is 11.1. The number of ether oxygens (including phenoxy) is 1. The van der Waals surface area contributed by atoms with Crippen LogP contribution in [0.15, 0.2) is 41.6 Å². The van der Waals surface area contributed by atoms with Crippen LogP contribution in [-0.2, 0) is 11.3 Å². The molecule has 0 unspecified atom stereocenters. The number of carbonyl (C=O) groups is 1. The van der Waals surface area contributed by atoms with E-state index in [2.05, 4.69) is 9.72 Å². The van der Waals surface area contributed by atoms with Crippen LogP contribution in [0.4, 0.5) is 5.69 Å². The summed E-state index contributed by atoms with van der Waals surface area (Å²) in [5.74, 6) is -0.761. The van der Waals surface area contributed by atoms with E-state index in [1.807, 2.05) is 25.3 Å². The number of esters is 1. The van der Waals surface area contributed by atoms with Crippen molar-refractivity contribution in [3.8, 4) is 0 Å². The number of hydrogen-bond donors (Lipinski definition) is 0. The van der Waals surface area contributed by atoms with Gasteiger partial charge in [-0.15, -0.1) is 0 Å². The number of pyridine rings is 2. The highest BCUT2D eigenvalue weighted by Gasteiger charge is 2.20. The largest absolute Gasteiger partial charge is 0.465 e. The number of carbonyl (C=O) groups excluding carboxylic acids is 1. The topological polar surface area (TPSA) is 109 Å². The lowest BCUT2D eigenvalue weighted by atomic mass is 10.2. The van der Waals surface area contributed by atoms with Crippen molar-refractivity contribution in [2.24, 2.45) is 0 Å². The smallest absolute Gasteiger partial charge is 0.339 e. The summed E-state index contributed by atoms with van der Waals surface area (Å²) in [5.41, 5.74) is 0.635. The number of nitrogens with zero attached hydrogens (tertiary/aromatic N) is 4. The van der Waals surface area contributed by atoms with E-state index in [1.54, 1.807) is 10.6 Å². The fraction of sp³-hybridized carbons (Fsp3) is 0.188. The van der Waals surface area contributed by atoms with Gasteiger partial charge in [0.1, 0.15) is 5.65 Å². The van der Waals surface area contributed by atoms with E-state index >= 15 is 0 Å². The number of nitro groups is 1. The van der Waals surface area contributed by atoms with Crippen molar-refractivity contribution in [2.75, 3.05) is 7.11 Å². The number of hydrogen-bond acceptors (Lipinski definition) is 6. The molecule has 0 saturated carbocycles. The Balaban J connectivity index is 2.10. The molecular formula is C16H14N4O5. The van der Waals surface area contributed by atoms with Crippen molar-refractivity contribution >= 4 is 17.3 Å². The molecule has 3 aromatic heterocycles. The molecule has 0 aliphatic carbocycles. The first-order valence-electron chi connectivity index (χ1n) is 7.31. The Morgan fingerprint density at radius 1 is 1.40 bits per heavy atom. The minimum absolute atomic E-state index is 0.00831. The summed E-state index contributed by atoms with van der Waals surface area (Å²) in [6.07, 6.45) is 4.78. The standard InChI is InChI=1S/C16H14N4O5/c1-10-4-3-5-18-8-12(17-14(10)18)9-19-7-11(16(22)25-2)6-13(15(19)21)20(23)24/h3-8H,9H2,1-2H3. The molecule has 25 heavy (non-hydrogen) atoms. The first kappa shape index (κ1) is 16.4. The number of aryl methyl sites for hydroxylation is 1. The first-order valence-corrected chi connectivity index (χ1v) is 7.31. The summed E-state index contributed by atoms with van der Waals surface area (Å²) in [4.78, 5) is 38.7. The van der Waals surface area contributed by atoms with Crippen LogP contribution in [0.25, 0.3) is 5.65 Å². The Labute approximate surface area is 141 Å². The third-order valence-corrected chi connectivity index (χ3v) is 3.75. The van der Waals surface area contributed by atoms with Crippen molar-refractivity contribution in [3.05, 3.63) is 74.1 Å². The lowest BCUT2D eigenvalue weighted by Crippen LogP contribution is -2.24. The summed E-state index contributed by atoms with van der Waals surface area (Å²) in [7, 11) is 1.16. The van der Waals surface area contributed by atoms with Gasteiger partial charge in [-0.05, 0) is 18.6 Å². The molecule has 128 valence electrons. The van der Waals surface area contributed by atoms with Crippen molar-refractivity contribution in [1.29, 1.82) is 0 Å². The lowest BCUT2D eigenvalue weighted by molar-refractivity contribution is -0.386. The molecule has 3 rings (SSSR count). The lowest BCUT2D eigenvalue weighted by Gasteiger charge is -2.06. The Bertz CT molecular complexity index is 1050. The zero-order valence-corrected chi connectivity index (χ0v) is 13.5. The maximum atomic E-state index is 12.3. The molecule has 0 saturated heterocycles. The van der Waals surface area contributed by atoms with Gasteiger partial charge >= 0.3 is 17.2 Å². The summed E-state index contributed by atoms with van der Waals surface area (Å²) in [6, 6.07) is 4.68. The first-order chi connectivity index (χ1) is 11.9. The molecule has 0 amide bonds. The third kappa shape index (κ3) is 2.99. The molecule has 0 N–H and O–H groups in total. The Kier molecular flexibility index (Phi) is 4.05. The fourth-order valence-electron chi connectivity index (χ4n) is 2.55. The molecule has 0 atom stereocenters. The van der Waals surface area contributed by atoms with Gasteiger partial charge in [-0.3, -0.25) is 14.9 Å². The van der Waals surface area contributed by atoms with Gasteiger partial charge in [0.05, 0.1) is 29.8 Å². The molecule has 0 fully saturated rings. The zero-order valence-electron chi connectivity index (χ0n) is 13.5. The van der Waals surface area contributed by atoms with E-state index < -0.39 is 22.1 Å². The van der Waals surface area contributed by atoms with Crippen LogP contribution in [0.1, 0.15) is 21.6 Å². The molecule has 3 aromatic rings. The van der Waals surface area contributed by atoms with Gasteiger partial charge in [-0.2, -0.15) is 0 Å². The second kappa shape index (κ2) is 6.19. The Hall–Kier alpha value is -3.49. The van der Waals surface area contributed by atoms with E-state index in [9.17, 15) is 19.7 Å². The monoisotopic (exact) mass is 342 g/mol. The predicted octanol–water partition coefficient (Wildman–Crippen LogP) is 1.55. The van der Waals surface area contributed by atoms with Gasteiger partial charge in [0.15, 0.2) is 0 Å². The van der Waals surface area contributed by atoms with Crippen LogP contribution in [0.5, 0.6) is 0 Å². The molecule has 0 aromatic carbocycles. The van der Waals surface area contributed by atoms with Crippen LogP contribution in [0, 0.1) is 17.0 Å². The molecular weight excluding hydrogens is 328 g/mol. The molecule has 0 spiro atoms. The minimum atomic E-state index is -0.820. The second-order valence-corrected chi connectivity index (χ2v) is 5.45. The van der Waals surface area contributed by atoms with Crippen LogP contribution in [-0.4, -0.2) is 32.0 Å². The fourth-order valence-corrected chi connectivity index (χ4v) is 2.55. The van der Waals surface area contributed by atoms with Crippen molar-refractivity contribution in [3.63, 3.8) is 0 Å². The van der Waals surface area contributed by atoms with Gasteiger partial charge in [-0.1, -0.05) is 6.07 Å². The van der Waals surface area contributed by atoms with E-state index in [0.29, 0.717) is 5.69 Å². The Morgan fingerprint density at radius 3 is 2.80 bits per heavy atom. The quantitative estimate of drug-likeness (QED) is 0.404. The molecule has 0 radical (unpaired) electrons. The molecule has 3 heterocycles. The van der Waals surface area contributed by atoms with Crippen LogP contribution < -0.4 is 5.56 Å². The average molecular weight is 342 g/mol. The SMILES string of the molecule is COC(=O)c1cc([N+](=O)[O-])c(=O)n(Cc2cn3cccc(C)c3n2)c1. The van der Waals surface area contributed by atoms with Crippen molar-refractivity contribution in [1.82, 2.24) is 14.0 Å². The second-order valence-electron chi connectivity index (χ2n) is 5.45. The van der Waals surface area contributed by atoms with Gasteiger partial charge in [0, 0.05) is 24.7 Å². The van der Waals surface area contributed by atoms with E-state index in [4.69, 9.17) is 0 Å². The highest BCUT2D eigenvalue weighted by atomic mass is 16.6. The number of rotatable bonds is 4. The van der Waals surface area contributed by atoms with Crippen LogP contribution in [0.2, 0.25) is 0 Å². The van der Waals surface area contributed by atoms with E-state index in [-0.39, 0.29) is 12.1 Å². The third-order valence-electron chi connectivity index (χ3n) is 3.75. The number of imidazole rings is 1. The summed E-state index contributed by atoms with van der Waals surface area (Å²) < 4.78 is 7.47. The summed E-state index contributed by atoms with van der Waals surface area (Å²) >= 11 is 0. The maximum absolute atomic E-state index is 12.3. The van der Waals surface area contributed by atoms with Gasteiger partial charge in [0.25, 0.3) is 0 Å². The average Bonchev–Trinajstić information content (AvgIpc) is 2.99. The minimum Gasteiger partial charge on any atom is -0.465 e. The van der Waals surface area contributed by atoms with Gasteiger partial charge in [0.2, 0.25) is 0 Å². The normalized spacial score (nSPS) is 10.8. The molecule has 0 aliphatic heterocycles. The van der Waals surface area contributed by atoms with E-state index in [0.717, 1.165) is 29.0 Å². The predicted molar refractivity (Wildman–Crippen MR) is 87.7 cm³/mol. The molecule has 9 heteroatoms. The van der Waals surface area contributed by atoms with Gasteiger partial charge < -0.3 is 13.7 Å². The zero-order chi connectivity index (χ0) is 18.1. The molecule has 9 nitrogen and oxygen atoms in total. The molecule has 0 aliphatic rings. The molecule has 0 bridgehead atoms. The van der Waals surface area contributed by atoms with Crippen LogP contribution >= 0.6 is 0 Å². The van der Waals surface area contributed by atoms with Crippen molar-refractivity contribution < 1.29 is 14.5 Å². The number of methoxy groups -OCH3 is 1. The van der Waals surface area contributed by atoms with E-state index in [1.165, 1.54) is 6.20 Å². The maximum Gasteiger partial charge on any atom is 0.339 e. The summed E-state index contributed by atoms with van der Waals surface area (Å²) in [6.45, 7) is 1.90. The van der Waals surface area contributed by atoms with Crippen LogP contribution in [0.3, 0.4) is 0 Å². The highest BCUT2D eigenvalue weighted by molar-refractivity contribution is 5.89. The number of fused-ring (bicyclic) bond motifs is 1. The number of aromatic nitrogens is 3. The van der Waals surface area contributed by atoms with Gasteiger partial charge in [-0.25, -0.2) is 9.78 Å². The van der Waals surface area contributed by atoms with Crippen molar-refractivity contribution in [2.45, 2.75) is 13.5 Å². The Morgan fingerprint density at radius 2 is 2.16 bits per heavy atom. The highest BCUT2D eigenvalue weighted by Crippen LogP contribution is 2.13.